The Morgan fingerprint density at radius 3 is 1.50 bits per heavy atom. The Kier molecular flexibility index (Phi) is 1.56. The molecule has 0 heterocycles. The van der Waals surface area contributed by atoms with Crippen LogP contribution in [0.15, 0.2) is 0 Å². The summed E-state index contributed by atoms with van der Waals surface area (Å²) in [5, 5.41) is 6.72. The molecule has 2 heteroatoms. The highest BCUT2D eigenvalue weighted by molar-refractivity contribution is 6.51. The molecular formula is C2H8NSi. The van der Waals surface area contributed by atoms with E-state index in [1.807, 2.05) is 13.1 Å². The van der Waals surface area contributed by atoms with Crippen molar-refractivity contribution in [3.63, 3.8) is 0 Å². The fourth-order valence-electron chi connectivity index (χ4n) is 0. The highest BCUT2D eigenvalue weighted by atomic mass is 28.3. The summed E-state index contributed by atoms with van der Waals surface area (Å²) in [6.07, 6.45) is 0. The minimum Gasteiger partial charge on any atom is -0.289 e. The van der Waals surface area contributed by atoms with Gasteiger partial charge >= 0.3 is 0 Å². The van der Waals surface area contributed by atoms with Gasteiger partial charge in [0.05, 0.1) is 0 Å². The quantitative estimate of drug-likeness (QED) is 0.368. The third-order valence-corrected chi connectivity index (χ3v) is 0. The summed E-state index contributed by atoms with van der Waals surface area (Å²) in [6.45, 7) is 3.94. The molecule has 0 rings (SSSR count). The zero-order chi connectivity index (χ0) is 3.58. The minimum atomic E-state index is -0.889. The van der Waals surface area contributed by atoms with E-state index < -0.39 is 8.96 Å². The smallest absolute Gasteiger partial charge is 0.119 e. The van der Waals surface area contributed by atoms with Gasteiger partial charge in [-0.05, 0) is 0 Å². The number of rotatable bonds is 0. The second-order valence-electron chi connectivity index (χ2n) is 1.15. The monoisotopic (exact) mass is 74.0 g/mol. The number of hydrogen-bond donors (Lipinski definition) is 0. The molecule has 25 valence electrons. The van der Waals surface area contributed by atoms with E-state index in [2.05, 4.69) is 0 Å². The molecule has 0 aromatic carbocycles. The molecule has 1 nitrogen and oxygen atoms in total. The van der Waals surface area contributed by atoms with Gasteiger partial charge in [0, 0.05) is 0 Å². The lowest BCUT2D eigenvalue weighted by molar-refractivity contribution is 1.67. The molecule has 0 saturated carbocycles. The van der Waals surface area contributed by atoms with E-state index in [4.69, 9.17) is 5.40 Å². The highest BCUT2D eigenvalue weighted by Gasteiger charge is 1.73. The predicted molar refractivity (Wildman–Crippen MR) is 22.0 cm³/mol. The maximum atomic E-state index is 6.72. The molecule has 4 heavy (non-hydrogen) atoms. The SMILES string of the molecule is C[SiH](C)[NH]. The van der Waals surface area contributed by atoms with E-state index >= 15 is 0 Å². The Morgan fingerprint density at radius 2 is 1.50 bits per heavy atom. The molecule has 1 radical (unpaired) electrons. The molecular weight excluding hydrogens is 66.1 g/mol. The molecule has 0 spiro atoms. The summed E-state index contributed by atoms with van der Waals surface area (Å²) in [6, 6.07) is 0. The van der Waals surface area contributed by atoms with E-state index in [1.54, 1.807) is 0 Å². The first-order chi connectivity index (χ1) is 1.73. The van der Waals surface area contributed by atoms with E-state index in [1.165, 1.54) is 0 Å². The van der Waals surface area contributed by atoms with E-state index in [-0.39, 0.29) is 0 Å². The molecule has 0 aromatic rings. The molecule has 0 aromatic heterocycles. The van der Waals surface area contributed by atoms with Crippen LogP contribution in [0.5, 0.6) is 0 Å². The van der Waals surface area contributed by atoms with E-state index in [0.717, 1.165) is 0 Å². The Morgan fingerprint density at radius 1 is 1.50 bits per heavy atom. The van der Waals surface area contributed by atoms with Crippen molar-refractivity contribution < 1.29 is 0 Å². The molecule has 0 unspecified atom stereocenters. The Bertz CT molecular complexity index is 10.8. The van der Waals surface area contributed by atoms with Gasteiger partial charge in [0.1, 0.15) is 8.96 Å². The van der Waals surface area contributed by atoms with Crippen LogP contribution in [0.25, 0.3) is 0 Å². The van der Waals surface area contributed by atoms with Gasteiger partial charge in [-0.25, -0.2) is 0 Å². The van der Waals surface area contributed by atoms with Gasteiger partial charge in [-0.15, -0.1) is 0 Å². The first kappa shape index (κ1) is 4.18. The lowest BCUT2D eigenvalue weighted by Crippen LogP contribution is -1.97. The summed E-state index contributed by atoms with van der Waals surface area (Å²) >= 11 is 0. The minimum absolute atomic E-state index is 0.889. The fraction of sp³-hybridized carbons (Fsp3) is 1.00. The van der Waals surface area contributed by atoms with Crippen molar-refractivity contribution in [1.29, 1.82) is 0 Å². The third-order valence-electron chi connectivity index (χ3n) is 0. The van der Waals surface area contributed by atoms with Crippen LogP contribution >= 0.6 is 0 Å². The largest absolute Gasteiger partial charge is 0.289 e. The van der Waals surface area contributed by atoms with Crippen LogP contribution in [0.1, 0.15) is 0 Å². The van der Waals surface area contributed by atoms with Crippen LogP contribution < -0.4 is 5.40 Å². The van der Waals surface area contributed by atoms with Crippen molar-refractivity contribution >= 4 is 8.96 Å². The lowest BCUT2D eigenvalue weighted by atomic mass is 11.9. The van der Waals surface area contributed by atoms with Gasteiger partial charge in [0.25, 0.3) is 0 Å². The molecule has 0 bridgehead atoms. The van der Waals surface area contributed by atoms with Crippen LogP contribution in [-0.4, -0.2) is 8.96 Å². The first-order valence-corrected chi connectivity index (χ1v) is 4.33. The fourth-order valence-corrected chi connectivity index (χ4v) is 0. The van der Waals surface area contributed by atoms with Crippen molar-refractivity contribution in [2.24, 2.45) is 0 Å². The summed E-state index contributed by atoms with van der Waals surface area (Å²) in [7, 11) is -0.889. The average molecular weight is 74.2 g/mol. The van der Waals surface area contributed by atoms with Gasteiger partial charge in [-0.2, -0.15) is 0 Å². The molecule has 0 amide bonds. The third kappa shape index (κ3) is 96.4. The first-order valence-electron chi connectivity index (χ1n) is 1.44. The second kappa shape index (κ2) is 1.49. The Hall–Kier alpha value is 0.177. The van der Waals surface area contributed by atoms with Crippen LogP contribution in [0, 0.1) is 0 Å². The van der Waals surface area contributed by atoms with Crippen LogP contribution in [0.4, 0.5) is 0 Å². The molecule has 0 aliphatic rings. The lowest BCUT2D eigenvalue weighted by Gasteiger charge is -1.75. The summed E-state index contributed by atoms with van der Waals surface area (Å²) < 4.78 is 0. The van der Waals surface area contributed by atoms with Crippen molar-refractivity contribution in [3.8, 4) is 0 Å². The normalized spacial score (nSPS) is 9.00. The summed E-state index contributed by atoms with van der Waals surface area (Å²) in [4.78, 5) is 0. The van der Waals surface area contributed by atoms with Crippen molar-refractivity contribution in [2.75, 3.05) is 0 Å². The molecule has 0 fully saturated rings. The highest BCUT2D eigenvalue weighted by Crippen LogP contribution is 1.58. The topological polar surface area (TPSA) is 23.8 Å². The zero-order valence-electron chi connectivity index (χ0n) is 3.08. The van der Waals surface area contributed by atoms with E-state index in [0.29, 0.717) is 0 Å². The number of nitrogens with one attached hydrogen (secondary N) is 1. The van der Waals surface area contributed by atoms with Gasteiger partial charge < -0.3 is 0 Å². The predicted octanol–water partition coefficient (Wildman–Crippen LogP) is 0.253. The molecule has 0 saturated heterocycles. The second-order valence-corrected chi connectivity index (χ2v) is 3.46. The zero-order valence-corrected chi connectivity index (χ0v) is 4.23. The number of hydrogen-bond acceptors (Lipinski definition) is 0. The van der Waals surface area contributed by atoms with Crippen molar-refractivity contribution in [2.45, 2.75) is 13.1 Å². The van der Waals surface area contributed by atoms with Gasteiger partial charge in [-0.3, -0.25) is 5.40 Å². The standard InChI is InChI=1S/C2H8NSi/c1-4(2)3/h3-4H,1-2H3. The maximum Gasteiger partial charge on any atom is 0.119 e. The molecule has 1 N–H and O–H groups in total. The van der Waals surface area contributed by atoms with Crippen molar-refractivity contribution in [1.82, 2.24) is 5.40 Å². The van der Waals surface area contributed by atoms with Crippen molar-refractivity contribution in [3.05, 3.63) is 0 Å². The average Bonchev–Trinajstić information content (AvgIpc) is 0.811. The van der Waals surface area contributed by atoms with Crippen LogP contribution in [0.3, 0.4) is 0 Å². The summed E-state index contributed by atoms with van der Waals surface area (Å²) in [5.41, 5.74) is 0. The Labute approximate surface area is 28.5 Å². The van der Waals surface area contributed by atoms with Gasteiger partial charge in [-0.1, -0.05) is 13.1 Å². The molecule has 0 aliphatic carbocycles. The molecule has 0 atom stereocenters. The maximum absolute atomic E-state index is 6.72. The Balaban J connectivity index is 2.32. The van der Waals surface area contributed by atoms with Gasteiger partial charge in [0.2, 0.25) is 0 Å². The van der Waals surface area contributed by atoms with Crippen LogP contribution in [-0.2, 0) is 0 Å². The molecule has 0 aliphatic heterocycles. The van der Waals surface area contributed by atoms with Crippen LogP contribution in [0.2, 0.25) is 13.1 Å². The van der Waals surface area contributed by atoms with E-state index in [9.17, 15) is 0 Å². The van der Waals surface area contributed by atoms with Gasteiger partial charge in [0.15, 0.2) is 0 Å². The summed E-state index contributed by atoms with van der Waals surface area (Å²) in [5.74, 6) is 0.